The van der Waals surface area contributed by atoms with Gasteiger partial charge in [0, 0.05) is 34.9 Å². The van der Waals surface area contributed by atoms with Crippen molar-refractivity contribution in [2.45, 2.75) is 39.0 Å². The number of thiazole rings is 2. The quantitative estimate of drug-likeness (QED) is 0.710. The molecule has 2 aliphatic rings. The van der Waals surface area contributed by atoms with Gasteiger partial charge in [-0.05, 0) is 19.3 Å². The van der Waals surface area contributed by atoms with Crippen LogP contribution in [0.1, 0.15) is 37.6 Å². The molecular formula is C19H19N3O2S2. The lowest BCUT2D eigenvalue weighted by molar-refractivity contribution is -0.136. The number of amides is 2. The molecule has 0 atom stereocenters. The molecule has 0 saturated carbocycles. The summed E-state index contributed by atoms with van der Waals surface area (Å²) in [5.74, 6) is -0.332. The molecule has 134 valence electrons. The van der Waals surface area contributed by atoms with Gasteiger partial charge >= 0.3 is 0 Å². The summed E-state index contributed by atoms with van der Waals surface area (Å²) in [7, 11) is 0. The summed E-state index contributed by atoms with van der Waals surface area (Å²) in [5, 5.41) is 5.93. The predicted octanol–water partition coefficient (Wildman–Crippen LogP) is 3.78. The minimum atomic E-state index is -0.166. The Labute approximate surface area is 160 Å². The Hall–Kier alpha value is -2.12. The average molecular weight is 386 g/mol. The molecule has 1 aliphatic heterocycles. The summed E-state index contributed by atoms with van der Waals surface area (Å²) in [6, 6.07) is 0. The number of likely N-dealkylation sites (tertiary alicyclic amines) is 1. The zero-order valence-electron chi connectivity index (χ0n) is 14.5. The van der Waals surface area contributed by atoms with Crippen LogP contribution in [0.25, 0.3) is 10.0 Å². The number of nitrogens with zero attached hydrogens (tertiary/aromatic N) is 3. The van der Waals surface area contributed by atoms with Gasteiger partial charge in [-0.3, -0.25) is 14.5 Å². The van der Waals surface area contributed by atoms with E-state index in [-0.39, 0.29) is 11.8 Å². The number of carbonyl (C=O) groups excluding carboxylic acids is 2. The number of aryl methyl sites for hydroxylation is 1. The van der Waals surface area contributed by atoms with Crippen molar-refractivity contribution in [3.8, 4) is 10.0 Å². The Kier molecular flexibility index (Phi) is 4.82. The molecule has 7 heteroatoms. The second-order valence-corrected chi connectivity index (χ2v) is 8.08. The van der Waals surface area contributed by atoms with Crippen LogP contribution in [0.5, 0.6) is 0 Å². The number of hydrogen-bond donors (Lipinski definition) is 0. The van der Waals surface area contributed by atoms with E-state index in [9.17, 15) is 9.59 Å². The van der Waals surface area contributed by atoms with Crippen molar-refractivity contribution in [1.29, 1.82) is 0 Å². The van der Waals surface area contributed by atoms with Gasteiger partial charge in [-0.2, -0.15) is 0 Å². The maximum absolute atomic E-state index is 12.4. The molecule has 0 bridgehead atoms. The van der Waals surface area contributed by atoms with Crippen LogP contribution in [0, 0.1) is 0 Å². The lowest BCUT2D eigenvalue weighted by Crippen LogP contribution is -2.31. The SMILES string of the molecule is CCCc1csc(-c2nc(CCN3C(=O)C4=CCCC=C4C3=O)cs2)n1. The van der Waals surface area contributed by atoms with Crippen molar-refractivity contribution >= 4 is 34.5 Å². The second kappa shape index (κ2) is 7.25. The van der Waals surface area contributed by atoms with Gasteiger partial charge in [0.25, 0.3) is 11.8 Å². The monoisotopic (exact) mass is 385 g/mol. The normalized spacial score (nSPS) is 16.7. The fourth-order valence-corrected chi connectivity index (χ4v) is 4.95. The zero-order valence-corrected chi connectivity index (χ0v) is 16.2. The summed E-state index contributed by atoms with van der Waals surface area (Å²) in [4.78, 5) is 35.5. The first-order chi connectivity index (χ1) is 12.7. The van der Waals surface area contributed by atoms with Gasteiger partial charge in [0.1, 0.15) is 0 Å². The summed E-state index contributed by atoms with van der Waals surface area (Å²) >= 11 is 3.18. The fourth-order valence-electron chi connectivity index (χ4n) is 3.19. The lowest BCUT2D eigenvalue weighted by Gasteiger charge is -2.11. The third-order valence-electron chi connectivity index (χ3n) is 4.49. The van der Waals surface area contributed by atoms with Crippen molar-refractivity contribution in [3.05, 3.63) is 45.4 Å². The molecule has 3 heterocycles. The van der Waals surface area contributed by atoms with Gasteiger partial charge in [-0.15, -0.1) is 22.7 Å². The van der Waals surface area contributed by atoms with E-state index >= 15 is 0 Å². The summed E-state index contributed by atoms with van der Waals surface area (Å²) < 4.78 is 0. The molecule has 0 unspecified atom stereocenters. The van der Waals surface area contributed by atoms with Gasteiger partial charge in [0.15, 0.2) is 10.0 Å². The highest BCUT2D eigenvalue weighted by atomic mass is 32.1. The van der Waals surface area contributed by atoms with E-state index in [2.05, 4.69) is 22.3 Å². The van der Waals surface area contributed by atoms with Gasteiger partial charge < -0.3 is 0 Å². The topological polar surface area (TPSA) is 63.2 Å². The Morgan fingerprint density at radius 2 is 1.46 bits per heavy atom. The molecule has 1 saturated heterocycles. The van der Waals surface area contributed by atoms with Crippen LogP contribution in [-0.2, 0) is 22.4 Å². The minimum absolute atomic E-state index is 0.166. The van der Waals surface area contributed by atoms with Crippen LogP contribution in [0.15, 0.2) is 34.1 Å². The number of hydrogen-bond acceptors (Lipinski definition) is 6. The highest BCUT2D eigenvalue weighted by molar-refractivity contribution is 7.19. The van der Waals surface area contributed by atoms with Crippen LogP contribution < -0.4 is 0 Å². The highest BCUT2D eigenvalue weighted by Crippen LogP contribution is 2.30. The standard InChI is InChI=1S/C19H19N3O2S2/c1-2-5-12-10-25-16(20-12)17-21-13(11-26-17)8-9-22-18(23)14-6-3-4-7-15(14)19(22)24/h6-7,10-11H,2-5,8-9H2,1H3. The molecule has 0 aromatic carbocycles. The maximum atomic E-state index is 12.4. The van der Waals surface area contributed by atoms with E-state index in [1.165, 1.54) is 4.90 Å². The molecule has 0 N–H and O–H groups in total. The van der Waals surface area contributed by atoms with Crippen LogP contribution in [0.3, 0.4) is 0 Å². The van der Waals surface area contributed by atoms with E-state index in [4.69, 9.17) is 0 Å². The molecule has 0 radical (unpaired) electrons. The molecular weight excluding hydrogens is 366 g/mol. The Morgan fingerprint density at radius 1 is 0.923 bits per heavy atom. The van der Waals surface area contributed by atoms with Gasteiger partial charge in [0.2, 0.25) is 0 Å². The van der Waals surface area contributed by atoms with Crippen LogP contribution in [0.4, 0.5) is 0 Å². The molecule has 26 heavy (non-hydrogen) atoms. The van der Waals surface area contributed by atoms with Crippen molar-refractivity contribution in [3.63, 3.8) is 0 Å². The van der Waals surface area contributed by atoms with Crippen LogP contribution in [-0.4, -0.2) is 33.2 Å². The van der Waals surface area contributed by atoms with Crippen LogP contribution >= 0.6 is 22.7 Å². The van der Waals surface area contributed by atoms with Gasteiger partial charge in [-0.1, -0.05) is 25.5 Å². The Morgan fingerprint density at radius 3 is 2.00 bits per heavy atom. The van der Waals surface area contributed by atoms with E-state index < -0.39 is 0 Å². The molecule has 1 fully saturated rings. The van der Waals surface area contributed by atoms with E-state index in [0.717, 1.165) is 47.1 Å². The minimum Gasteiger partial charge on any atom is -0.274 e. The first-order valence-corrected chi connectivity index (χ1v) is 10.6. The summed E-state index contributed by atoms with van der Waals surface area (Å²) in [5.41, 5.74) is 3.16. The zero-order chi connectivity index (χ0) is 18.1. The summed E-state index contributed by atoms with van der Waals surface area (Å²) in [6.07, 6.45) is 8.06. The van der Waals surface area contributed by atoms with E-state index in [1.807, 2.05) is 17.5 Å². The molecule has 0 spiro atoms. The molecule has 1 aliphatic carbocycles. The first-order valence-electron chi connectivity index (χ1n) is 8.83. The van der Waals surface area contributed by atoms with Crippen LogP contribution in [0.2, 0.25) is 0 Å². The van der Waals surface area contributed by atoms with Crippen molar-refractivity contribution < 1.29 is 9.59 Å². The average Bonchev–Trinajstić information content (AvgIpc) is 3.35. The number of aromatic nitrogens is 2. The van der Waals surface area contributed by atoms with Gasteiger partial charge in [0.05, 0.1) is 11.4 Å². The van der Waals surface area contributed by atoms with Crippen molar-refractivity contribution in [2.75, 3.05) is 6.54 Å². The highest BCUT2D eigenvalue weighted by Gasteiger charge is 2.38. The fraction of sp³-hybridized carbons (Fsp3) is 0.368. The molecule has 5 nitrogen and oxygen atoms in total. The molecule has 2 amide bonds. The number of carbonyl (C=O) groups is 2. The first kappa shape index (κ1) is 17.3. The number of rotatable bonds is 6. The van der Waals surface area contributed by atoms with Crippen molar-refractivity contribution in [1.82, 2.24) is 14.9 Å². The van der Waals surface area contributed by atoms with E-state index in [0.29, 0.717) is 24.1 Å². The third-order valence-corrected chi connectivity index (χ3v) is 6.41. The number of allylic oxidation sites excluding steroid dienone is 2. The van der Waals surface area contributed by atoms with E-state index in [1.54, 1.807) is 22.7 Å². The Balaban J connectivity index is 1.43. The number of fused-ring (bicyclic) bond motifs is 1. The number of imide groups is 1. The lowest BCUT2D eigenvalue weighted by atomic mass is 10.0. The van der Waals surface area contributed by atoms with Gasteiger partial charge in [-0.25, -0.2) is 9.97 Å². The maximum Gasteiger partial charge on any atom is 0.261 e. The third kappa shape index (κ3) is 3.17. The molecule has 2 aromatic heterocycles. The molecule has 2 aromatic rings. The largest absolute Gasteiger partial charge is 0.274 e. The molecule has 4 rings (SSSR count). The smallest absolute Gasteiger partial charge is 0.261 e. The second-order valence-electron chi connectivity index (χ2n) is 6.36. The van der Waals surface area contributed by atoms with Crippen molar-refractivity contribution in [2.24, 2.45) is 0 Å². The summed E-state index contributed by atoms with van der Waals surface area (Å²) in [6.45, 7) is 2.51. The predicted molar refractivity (Wildman–Crippen MR) is 103 cm³/mol. The Bertz CT molecular complexity index is 891.